The van der Waals surface area contributed by atoms with E-state index in [0.29, 0.717) is 4.75 Å². The summed E-state index contributed by atoms with van der Waals surface area (Å²) in [6, 6.07) is 6.75. The third kappa shape index (κ3) is 3.09. The molecule has 0 radical (unpaired) electrons. The topological polar surface area (TPSA) is 15.3 Å². The van der Waals surface area contributed by atoms with Crippen molar-refractivity contribution in [3.05, 3.63) is 29.3 Å². The Hall–Kier alpha value is -0.670. The number of fused-ring (bicyclic) bond motifs is 1. The minimum atomic E-state index is 0.408. The van der Waals surface area contributed by atoms with E-state index in [2.05, 4.69) is 54.0 Å². The van der Waals surface area contributed by atoms with E-state index >= 15 is 0 Å². The van der Waals surface area contributed by atoms with Crippen molar-refractivity contribution in [1.82, 2.24) is 4.90 Å². The molecule has 1 aromatic rings. The first-order valence-electron chi connectivity index (χ1n) is 7.35. The highest BCUT2D eigenvalue weighted by Gasteiger charge is 2.27. The zero-order valence-electron chi connectivity index (χ0n) is 12.0. The minimum Gasteiger partial charge on any atom is -0.385 e. The third-order valence-electron chi connectivity index (χ3n) is 4.09. The number of thioether (sulfide) groups is 1. The summed E-state index contributed by atoms with van der Waals surface area (Å²) < 4.78 is 0.408. The van der Waals surface area contributed by atoms with E-state index in [9.17, 15) is 0 Å². The highest BCUT2D eigenvalue weighted by Crippen LogP contribution is 2.32. The fourth-order valence-electron chi connectivity index (χ4n) is 3.22. The maximum Gasteiger partial charge on any atom is 0.0375 e. The van der Waals surface area contributed by atoms with Crippen LogP contribution in [0.15, 0.2) is 18.2 Å². The molecule has 1 saturated heterocycles. The van der Waals surface area contributed by atoms with Gasteiger partial charge in [0.05, 0.1) is 0 Å². The van der Waals surface area contributed by atoms with E-state index in [-0.39, 0.29) is 0 Å². The molecule has 0 amide bonds. The Balaban J connectivity index is 1.76. The summed E-state index contributed by atoms with van der Waals surface area (Å²) in [5, 5.41) is 3.53. The highest BCUT2D eigenvalue weighted by atomic mass is 32.2. The van der Waals surface area contributed by atoms with Crippen LogP contribution in [-0.4, -0.2) is 35.0 Å². The Bertz CT molecular complexity index is 456. The van der Waals surface area contributed by atoms with Crippen molar-refractivity contribution in [3.63, 3.8) is 0 Å². The summed E-state index contributed by atoms with van der Waals surface area (Å²) in [4.78, 5) is 2.63. The number of benzene rings is 1. The summed E-state index contributed by atoms with van der Waals surface area (Å²) in [7, 11) is 0. The first kappa shape index (κ1) is 13.3. The SMILES string of the molecule is CC1(C)CN(Cc2cccc3c2CCCN3)CCS1. The Morgan fingerprint density at radius 3 is 3.11 bits per heavy atom. The van der Waals surface area contributed by atoms with Crippen LogP contribution in [0, 0.1) is 0 Å². The predicted octanol–water partition coefficient (Wildman–Crippen LogP) is 3.37. The Morgan fingerprint density at radius 1 is 1.37 bits per heavy atom. The standard InChI is InChI=1S/C16H24N2S/c1-16(2)12-18(9-10-19-16)11-13-5-3-7-15-14(13)6-4-8-17-15/h3,5,7,17H,4,6,8-12H2,1-2H3. The summed E-state index contributed by atoms with van der Waals surface area (Å²) in [5.41, 5.74) is 4.46. The van der Waals surface area contributed by atoms with Crippen LogP contribution in [-0.2, 0) is 13.0 Å². The maximum absolute atomic E-state index is 3.53. The van der Waals surface area contributed by atoms with Crippen molar-refractivity contribution in [2.45, 2.75) is 38.0 Å². The first-order chi connectivity index (χ1) is 9.14. The van der Waals surface area contributed by atoms with Gasteiger partial charge in [-0.2, -0.15) is 11.8 Å². The molecule has 0 aromatic heterocycles. The third-order valence-corrected chi connectivity index (χ3v) is 5.39. The van der Waals surface area contributed by atoms with E-state index < -0.39 is 0 Å². The van der Waals surface area contributed by atoms with Gasteiger partial charge in [0, 0.05) is 42.4 Å². The first-order valence-corrected chi connectivity index (χ1v) is 8.34. The maximum atomic E-state index is 3.53. The average molecular weight is 276 g/mol. The van der Waals surface area contributed by atoms with Crippen molar-refractivity contribution in [1.29, 1.82) is 0 Å². The van der Waals surface area contributed by atoms with Crippen LogP contribution < -0.4 is 5.32 Å². The van der Waals surface area contributed by atoms with Gasteiger partial charge in [0.15, 0.2) is 0 Å². The van der Waals surface area contributed by atoms with Crippen LogP contribution >= 0.6 is 11.8 Å². The molecule has 19 heavy (non-hydrogen) atoms. The minimum absolute atomic E-state index is 0.408. The van der Waals surface area contributed by atoms with E-state index in [4.69, 9.17) is 0 Å². The average Bonchev–Trinajstić information content (AvgIpc) is 2.38. The van der Waals surface area contributed by atoms with Gasteiger partial charge in [0.2, 0.25) is 0 Å². The van der Waals surface area contributed by atoms with Crippen LogP contribution in [0.4, 0.5) is 5.69 Å². The fourth-order valence-corrected chi connectivity index (χ4v) is 4.40. The summed E-state index contributed by atoms with van der Waals surface area (Å²) in [6.07, 6.45) is 2.51. The van der Waals surface area contributed by atoms with E-state index in [1.807, 2.05) is 0 Å². The second kappa shape index (κ2) is 5.37. The largest absolute Gasteiger partial charge is 0.385 e. The van der Waals surface area contributed by atoms with Crippen LogP contribution in [0.3, 0.4) is 0 Å². The molecule has 2 aliphatic heterocycles. The number of nitrogens with one attached hydrogen (secondary N) is 1. The molecule has 0 unspecified atom stereocenters. The number of hydrogen-bond donors (Lipinski definition) is 1. The van der Waals surface area contributed by atoms with E-state index in [1.54, 1.807) is 5.56 Å². The van der Waals surface area contributed by atoms with Gasteiger partial charge in [-0.3, -0.25) is 4.90 Å². The molecule has 0 bridgehead atoms. The van der Waals surface area contributed by atoms with Gasteiger partial charge in [0.25, 0.3) is 0 Å². The van der Waals surface area contributed by atoms with E-state index in [0.717, 1.165) is 13.1 Å². The smallest absolute Gasteiger partial charge is 0.0375 e. The molecule has 0 atom stereocenters. The fraction of sp³-hybridized carbons (Fsp3) is 0.625. The molecule has 2 heterocycles. The zero-order valence-corrected chi connectivity index (χ0v) is 12.9. The van der Waals surface area contributed by atoms with Gasteiger partial charge >= 0.3 is 0 Å². The second-order valence-corrected chi connectivity index (χ2v) is 8.09. The summed E-state index contributed by atoms with van der Waals surface area (Å²) >= 11 is 2.11. The van der Waals surface area contributed by atoms with Gasteiger partial charge in [-0.15, -0.1) is 0 Å². The number of anilines is 1. The Labute approximate surface area is 121 Å². The van der Waals surface area contributed by atoms with Crippen LogP contribution in [0.25, 0.3) is 0 Å². The molecule has 0 spiro atoms. The summed E-state index contributed by atoms with van der Waals surface area (Å²) in [6.45, 7) is 9.41. The summed E-state index contributed by atoms with van der Waals surface area (Å²) in [5.74, 6) is 1.26. The normalized spacial score (nSPS) is 22.6. The lowest BCUT2D eigenvalue weighted by Crippen LogP contribution is -2.42. The lowest BCUT2D eigenvalue weighted by Gasteiger charge is -2.38. The van der Waals surface area contributed by atoms with Crippen molar-refractivity contribution in [3.8, 4) is 0 Å². The molecule has 1 aromatic carbocycles. The molecule has 3 rings (SSSR count). The molecule has 2 nitrogen and oxygen atoms in total. The lowest BCUT2D eigenvalue weighted by atomic mass is 9.97. The van der Waals surface area contributed by atoms with Gasteiger partial charge in [-0.25, -0.2) is 0 Å². The molecule has 1 N–H and O–H groups in total. The zero-order chi connectivity index (χ0) is 13.3. The number of nitrogens with zero attached hydrogens (tertiary/aromatic N) is 1. The molecular formula is C16H24N2S. The van der Waals surface area contributed by atoms with Crippen molar-refractivity contribution in [2.75, 3.05) is 30.7 Å². The Morgan fingerprint density at radius 2 is 2.26 bits per heavy atom. The predicted molar refractivity (Wildman–Crippen MR) is 85.1 cm³/mol. The van der Waals surface area contributed by atoms with Crippen LogP contribution in [0.5, 0.6) is 0 Å². The van der Waals surface area contributed by atoms with Crippen molar-refractivity contribution >= 4 is 17.4 Å². The molecule has 0 saturated carbocycles. The number of rotatable bonds is 2. The van der Waals surface area contributed by atoms with Crippen molar-refractivity contribution < 1.29 is 0 Å². The monoisotopic (exact) mass is 276 g/mol. The quantitative estimate of drug-likeness (QED) is 0.891. The van der Waals surface area contributed by atoms with Gasteiger partial charge in [0.1, 0.15) is 0 Å². The molecule has 104 valence electrons. The molecule has 0 aliphatic carbocycles. The lowest BCUT2D eigenvalue weighted by molar-refractivity contribution is 0.252. The van der Waals surface area contributed by atoms with Gasteiger partial charge in [-0.1, -0.05) is 12.1 Å². The second-order valence-electron chi connectivity index (χ2n) is 6.29. The van der Waals surface area contributed by atoms with Gasteiger partial charge in [-0.05, 0) is 43.9 Å². The van der Waals surface area contributed by atoms with Gasteiger partial charge < -0.3 is 5.32 Å². The highest BCUT2D eigenvalue weighted by molar-refractivity contribution is 8.00. The Kier molecular flexibility index (Phi) is 3.77. The van der Waals surface area contributed by atoms with E-state index in [1.165, 1.54) is 42.9 Å². The van der Waals surface area contributed by atoms with Crippen LogP contribution in [0.1, 0.15) is 31.4 Å². The van der Waals surface area contributed by atoms with Crippen molar-refractivity contribution in [2.24, 2.45) is 0 Å². The number of hydrogen-bond acceptors (Lipinski definition) is 3. The molecule has 2 aliphatic rings. The molecule has 1 fully saturated rings. The molecule has 3 heteroatoms. The molecular weight excluding hydrogens is 252 g/mol. The van der Waals surface area contributed by atoms with Crippen LogP contribution in [0.2, 0.25) is 0 Å².